The smallest absolute Gasteiger partial charge is 0.159 e. The lowest BCUT2D eigenvalue weighted by atomic mass is 10.2. The summed E-state index contributed by atoms with van der Waals surface area (Å²) in [5.41, 5.74) is 1.75. The summed E-state index contributed by atoms with van der Waals surface area (Å²) in [6.07, 6.45) is 6.59. The van der Waals surface area contributed by atoms with Gasteiger partial charge in [-0.1, -0.05) is 0 Å². The Morgan fingerprint density at radius 3 is 0.909 bits per heavy atom. The first kappa shape index (κ1) is 31.1. The molecule has 0 N–H and O–H groups in total. The van der Waals surface area contributed by atoms with Crippen molar-refractivity contribution in [3.8, 4) is 45.8 Å². The third-order valence-corrected chi connectivity index (χ3v) is 6.21. The Morgan fingerprint density at radius 2 is 0.591 bits per heavy atom. The van der Waals surface area contributed by atoms with Gasteiger partial charge in [0.05, 0.1) is 77.6 Å². The number of hydrogen-bond acceptors (Lipinski definition) is 12. The lowest BCUT2D eigenvalue weighted by Crippen LogP contribution is -2.13. The molecule has 0 radical (unpaired) electrons. The molecular formula is C32H36N4O8. The Labute approximate surface area is 256 Å². The molecule has 0 atom stereocenters. The van der Waals surface area contributed by atoms with Crippen LogP contribution >= 0.6 is 0 Å². The van der Waals surface area contributed by atoms with Gasteiger partial charge >= 0.3 is 0 Å². The molecule has 12 nitrogen and oxygen atoms in total. The number of hydrogen-bond donors (Lipinski definition) is 0. The van der Waals surface area contributed by atoms with Crippen LogP contribution in [0.25, 0.3) is 22.8 Å². The largest absolute Gasteiger partial charge is 0.491 e. The van der Waals surface area contributed by atoms with Crippen molar-refractivity contribution in [3.63, 3.8) is 0 Å². The van der Waals surface area contributed by atoms with Gasteiger partial charge in [0, 0.05) is 11.1 Å². The molecule has 232 valence electrons. The normalized spacial score (nSPS) is 16.4. The summed E-state index contributed by atoms with van der Waals surface area (Å²) < 4.78 is 45.2. The highest BCUT2D eigenvalue weighted by molar-refractivity contribution is 5.57. The summed E-state index contributed by atoms with van der Waals surface area (Å²) in [5.74, 6) is 3.82. The molecule has 2 aromatic heterocycles. The molecule has 0 amide bonds. The van der Waals surface area contributed by atoms with Gasteiger partial charge in [0.25, 0.3) is 0 Å². The Morgan fingerprint density at radius 1 is 0.318 bits per heavy atom. The average molecular weight is 605 g/mol. The van der Waals surface area contributed by atoms with Gasteiger partial charge in [0.15, 0.2) is 23.1 Å². The van der Waals surface area contributed by atoms with Crippen molar-refractivity contribution in [3.05, 3.63) is 73.3 Å². The van der Waals surface area contributed by atoms with Gasteiger partial charge in [-0.3, -0.25) is 0 Å². The lowest BCUT2D eigenvalue weighted by Gasteiger charge is -2.10. The quantitative estimate of drug-likeness (QED) is 0.289. The van der Waals surface area contributed by atoms with E-state index in [1.165, 1.54) is 0 Å². The van der Waals surface area contributed by atoms with E-state index in [9.17, 15) is 0 Å². The molecule has 0 fully saturated rings. The van der Waals surface area contributed by atoms with E-state index in [-0.39, 0.29) is 0 Å². The summed E-state index contributed by atoms with van der Waals surface area (Å²) >= 11 is 0. The molecule has 12 heterocycles. The summed E-state index contributed by atoms with van der Waals surface area (Å²) in [7, 11) is 0. The Kier molecular flexibility index (Phi) is 12.5. The first-order chi connectivity index (χ1) is 21.8. The molecule has 0 spiro atoms. The first-order valence-corrected chi connectivity index (χ1v) is 14.5. The standard InChI is InChI=1S/C32H36N4O8/c1-5-27-6-2-25(1)31-33-21-29(22-34-31)43-19-15-39-11-12-40-16-20-44-30-23-35-32(36-24-30)26-3-7-28(8-4-26)42-18-14-38-10-9-37-13-17-41-27/h1-8,21-24H,9-20H2. The van der Waals surface area contributed by atoms with Crippen molar-refractivity contribution in [2.45, 2.75) is 0 Å². The maximum atomic E-state index is 5.76. The zero-order valence-corrected chi connectivity index (χ0v) is 24.5. The molecule has 44 heavy (non-hydrogen) atoms. The fourth-order valence-corrected chi connectivity index (χ4v) is 4.00. The van der Waals surface area contributed by atoms with Crippen LogP contribution in [-0.4, -0.2) is 99.2 Å². The summed E-state index contributed by atoms with van der Waals surface area (Å²) in [4.78, 5) is 17.6. The Balaban J connectivity index is 1.09. The van der Waals surface area contributed by atoms with E-state index in [1.807, 2.05) is 48.5 Å². The van der Waals surface area contributed by atoms with Crippen LogP contribution in [0.4, 0.5) is 0 Å². The average Bonchev–Trinajstić information content (AvgIpc) is 3.07. The zero-order chi connectivity index (χ0) is 30.1. The van der Waals surface area contributed by atoms with Crippen LogP contribution in [0.1, 0.15) is 0 Å². The first-order valence-electron chi connectivity index (χ1n) is 14.5. The van der Waals surface area contributed by atoms with Crippen LogP contribution in [0.2, 0.25) is 0 Å². The summed E-state index contributed by atoms with van der Waals surface area (Å²) in [6.45, 7) is 5.20. The number of aromatic nitrogens is 4. The maximum Gasteiger partial charge on any atom is 0.159 e. The topological polar surface area (TPSA) is 125 Å². The van der Waals surface area contributed by atoms with Crippen LogP contribution in [0.15, 0.2) is 73.3 Å². The Hall–Kier alpha value is -4.36. The molecule has 14 rings (SSSR count). The predicted octanol–water partition coefficient (Wildman–Crippen LogP) is 3.90. The van der Waals surface area contributed by atoms with Gasteiger partial charge in [-0.25, -0.2) is 19.9 Å². The Bertz CT molecular complexity index is 1140. The fourth-order valence-electron chi connectivity index (χ4n) is 4.00. The minimum absolute atomic E-state index is 0.377. The molecule has 0 saturated heterocycles. The van der Waals surface area contributed by atoms with Gasteiger partial charge in [0.2, 0.25) is 0 Å². The molecule has 2 aromatic carbocycles. The van der Waals surface area contributed by atoms with Gasteiger partial charge in [-0.2, -0.15) is 0 Å². The number of rotatable bonds is 0. The lowest BCUT2D eigenvalue weighted by molar-refractivity contribution is 0.0272. The SMILES string of the molecule is c1cc2ccc1OCCOCCOCCOc1ccc(cc1)-c1ncc(cn1)OCCOCCOCCOc1cnc-2nc1. The number of benzene rings is 2. The third kappa shape index (κ3) is 10.4. The van der Waals surface area contributed by atoms with Gasteiger partial charge in [-0.05, 0) is 48.5 Å². The molecule has 0 unspecified atom stereocenters. The van der Waals surface area contributed by atoms with E-state index in [2.05, 4.69) is 19.9 Å². The van der Waals surface area contributed by atoms with E-state index >= 15 is 0 Å². The molecular weight excluding hydrogens is 568 g/mol. The highest BCUT2D eigenvalue weighted by Crippen LogP contribution is 2.21. The van der Waals surface area contributed by atoms with Crippen molar-refractivity contribution in [1.82, 2.24) is 19.9 Å². The van der Waals surface area contributed by atoms with Crippen LogP contribution in [0.5, 0.6) is 23.0 Å². The van der Waals surface area contributed by atoms with Crippen LogP contribution in [0.3, 0.4) is 0 Å². The summed E-state index contributed by atoms with van der Waals surface area (Å²) in [5, 5.41) is 0. The van der Waals surface area contributed by atoms with E-state index in [1.54, 1.807) is 24.8 Å². The van der Waals surface area contributed by atoms with E-state index < -0.39 is 0 Å². The minimum Gasteiger partial charge on any atom is -0.491 e. The number of ether oxygens (including phenoxy) is 8. The molecule has 8 bridgehead atoms. The van der Waals surface area contributed by atoms with Gasteiger partial charge in [-0.15, -0.1) is 0 Å². The second-order valence-electron chi connectivity index (χ2n) is 9.38. The van der Waals surface area contributed by atoms with Crippen LogP contribution in [0, 0.1) is 0 Å². The number of nitrogens with zero attached hydrogens (tertiary/aromatic N) is 4. The molecule has 12 heteroatoms. The molecule has 0 saturated carbocycles. The molecule has 4 aromatic rings. The van der Waals surface area contributed by atoms with Gasteiger partial charge in [0.1, 0.15) is 37.9 Å². The summed E-state index contributed by atoms with van der Waals surface area (Å²) in [6, 6.07) is 15.2. The van der Waals surface area contributed by atoms with Crippen LogP contribution < -0.4 is 18.9 Å². The van der Waals surface area contributed by atoms with Crippen molar-refractivity contribution in [1.29, 1.82) is 0 Å². The van der Waals surface area contributed by atoms with Crippen LogP contribution in [-0.2, 0) is 18.9 Å². The highest BCUT2D eigenvalue weighted by Gasteiger charge is 2.06. The highest BCUT2D eigenvalue weighted by atomic mass is 16.6. The molecule has 0 aliphatic carbocycles. The fraction of sp³-hybridized carbons (Fsp3) is 0.375. The van der Waals surface area contributed by atoms with Gasteiger partial charge < -0.3 is 37.9 Å². The van der Waals surface area contributed by atoms with E-state index in [0.29, 0.717) is 102 Å². The second kappa shape index (κ2) is 17.7. The minimum atomic E-state index is 0.377. The maximum absolute atomic E-state index is 5.76. The monoisotopic (exact) mass is 604 g/mol. The van der Waals surface area contributed by atoms with E-state index in [4.69, 9.17) is 37.9 Å². The van der Waals surface area contributed by atoms with Crippen molar-refractivity contribution in [2.75, 3.05) is 79.3 Å². The molecule has 10 aliphatic rings. The predicted molar refractivity (Wildman–Crippen MR) is 160 cm³/mol. The third-order valence-electron chi connectivity index (χ3n) is 6.21. The van der Waals surface area contributed by atoms with Crippen molar-refractivity contribution in [2.24, 2.45) is 0 Å². The van der Waals surface area contributed by atoms with Crippen molar-refractivity contribution < 1.29 is 37.9 Å². The molecule has 10 aliphatic heterocycles. The second-order valence-corrected chi connectivity index (χ2v) is 9.38. The zero-order valence-electron chi connectivity index (χ0n) is 24.5. The van der Waals surface area contributed by atoms with E-state index in [0.717, 1.165) is 22.6 Å². The van der Waals surface area contributed by atoms with Crippen molar-refractivity contribution >= 4 is 0 Å².